The molecule has 0 aliphatic rings. The summed E-state index contributed by atoms with van der Waals surface area (Å²) >= 11 is 3.36. The van der Waals surface area contributed by atoms with Crippen LogP contribution in [-0.4, -0.2) is 26.1 Å². The molecule has 0 aliphatic heterocycles. The summed E-state index contributed by atoms with van der Waals surface area (Å²) in [6, 6.07) is 3.70. The Morgan fingerprint density at radius 1 is 1.47 bits per heavy atom. The summed E-state index contributed by atoms with van der Waals surface area (Å²) in [5, 5.41) is 0. The molecule has 1 unspecified atom stereocenters. The Hall–Kier alpha value is -0.870. The monoisotopic (exact) mass is 300 g/mol. The second kappa shape index (κ2) is 6.77. The van der Waals surface area contributed by atoms with Crippen molar-refractivity contribution in [1.82, 2.24) is 0 Å². The first-order valence-corrected chi connectivity index (χ1v) is 6.28. The first kappa shape index (κ1) is 14.2. The molecule has 1 atom stereocenters. The van der Waals surface area contributed by atoms with Gasteiger partial charge in [0.05, 0.1) is 11.7 Å². The van der Waals surface area contributed by atoms with Gasteiger partial charge in [0.2, 0.25) is 0 Å². The molecule has 0 fully saturated rings. The molecule has 1 aromatic carbocycles. The van der Waals surface area contributed by atoms with Crippen molar-refractivity contribution < 1.29 is 14.3 Å². The number of benzene rings is 1. The molecule has 0 bridgehead atoms. The molecule has 4 heteroatoms. The third kappa shape index (κ3) is 4.13. The van der Waals surface area contributed by atoms with Gasteiger partial charge in [0.15, 0.2) is 6.29 Å². The van der Waals surface area contributed by atoms with Crippen molar-refractivity contribution in [2.45, 2.75) is 26.4 Å². The lowest BCUT2D eigenvalue weighted by Gasteiger charge is -2.17. The van der Waals surface area contributed by atoms with Gasteiger partial charge in [-0.15, -0.1) is 0 Å². The molecule has 17 heavy (non-hydrogen) atoms. The molecule has 0 saturated heterocycles. The van der Waals surface area contributed by atoms with Gasteiger partial charge in [0.25, 0.3) is 0 Å². The highest BCUT2D eigenvalue weighted by atomic mass is 79.9. The van der Waals surface area contributed by atoms with Gasteiger partial charge >= 0.3 is 0 Å². The third-order valence-electron chi connectivity index (χ3n) is 2.44. The molecule has 0 aromatic heterocycles. The molecule has 0 radical (unpaired) electrons. The third-order valence-corrected chi connectivity index (χ3v) is 2.90. The van der Waals surface area contributed by atoms with Crippen molar-refractivity contribution in [2.75, 3.05) is 13.7 Å². The van der Waals surface area contributed by atoms with E-state index in [1.54, 1.807) is 13.2 Å². The predicted octanol–water partition coefficient (Wildman–Crippen LogP) is 3.37. The standard InChI is InChI=1S/C13H17BrO3/c1-9-6-12(14)7-11(8-15)13(9)17-10(2)4-5-16-3/h6-8,10H,4-5H2,1-3H3. The van der Waals surface area contributed by atoms with Crippen LogP contribution >= 0.6 is 15.9 Å². The fraction of sp³-hybridized carbons (Fsp3) is 0.462. The largest absolute Gasteiger partial charge is 0.490 e. The zero-order chi connectivity index (χ0) is 12.8. The Bertz CT molecular complexity index is 390. The van der Waals surface area contributed by atoms with Gasteiger partial charge in [0.1, 0.15) is 5.75 Å². The SMILES string of the molecule is COCCC(C)Oc1c(C)cc(Br)cc1C=O. The van der Waals surface area contributed by atoms with E-state index >= 15 is 0 Å². The number of ether oxygens (including phenoxy) is 2. The van der Waals surface area contributed by atoms with Crippen molar-refractivity contribution in [2.24, 2.45) is 0 Å². The molecular weight excluding hydrogens is 284 g/mol. The molecule has 0 N–H and O–H groups in total. The Labute approximate surface area is 110 Å². The van der Waals surface area contributed by atoms with Crippen LogP contribution in [0, 0.1) is 6.92 Å². The van der Waals surface area contributed by atoms with Gasteiger partial charge < -0.3 is 9.47 Å². The van der Waals surface area contributed by atoms with Gasteiger partial charge in [-0.1, -0.05) is 15.9 Å². The lowest BCUT2D eigenvalue weighted by atomic mass is 10.1. The lowest BCUT2D eigenvalue weighted by Crippen LogP contribution is -2.15. The number of halogens is 1. The van der Waals surface area contributed by atoms with Crippen LogP contribution in [0.25, 0.3) is 0 Å². The summed E-state index contributed by atoms with van der Waals surface area (Å²) in [4.78, 5) is 11.0. The average Bonchev–Trinajstić information content (AvgIpc) is 2.29. The van der Waals surface area contributed by atoms with Crippen LogP contribution in [-0.2, 0) is 4.74 Å². The van der Waals surface area contributed by atoms with Gasteiger partial charge in [-0.2, -0.15) is 0 Å². The number of carbonyl (C=O) groups excluding carboxylic acids is 1. The minimum atomic E-state index is 0.0218. The first-order chi connectivity index (χ1) is 8.08. The summed E-state index contributed by atoms with van der Waals surface area (Å²) < 4.78 is 11.7. The zero-order valence-electron chi connectivity index (χ0n) is 10.3. The smallest absolute Gasteiger partial charge is 0.153 e. The van der Waals surface area contributed by atoms with Crippen LogP contribution in [0.4, 0.5) is 0 Å². The maximum atomic E-state index is 11.0. The minimum Gasteiger partial charge on any atom is -0.490 e. The molecule has 94 valence electrons. The van der Waals surface area contributed by atoms with Crippen LogP contribution in [0.15, 0.2) is 16.6 Å². The van der Waals surface area contributed by atoms with Gasteiger partial charge in [-0.25, -0.2) is 0 Å². The Kier molecular flexibility index (Phi) is 5.65. The van der Waals surface area contributed by atoms with Crippen LogP contribution in [0.5, 0.6) is 5.75 Å². The van der Waals surface area contributed by atoms with Crippen molar-refractivity contribution in [3.8, 4) is 5.75 Å². The molecule has 0 saturated carbocycles. The number of hydrogen-bond acceptors (Lipinski definition) is 3. The van der Waals surface area contributed by atoms with E-state index in [4.69, 9.17) is 9.47 Å². The zero-order valence-corrected chi connectivity index (χ0v) is 11.9. The van der Waals surface area contributed by atoms with Crippen molar-refractivity contribution in [1.29, 1.82) is 0 Å². The Morgan fingerprint density at radius 3 is 2.76 bits per heavy atom. The number of aryl methyl sites for hydroxylation is 1. The summed E-state index contributed by atoms with van der Waals surface area (Å²) in [7, 11) is 1.66. The van der Waals surface area contributed by atoms with Crippen molar-refractivity contribution in [3.63, 3.8) is 0 Å². The highest BCUT2D eigenvalue weighted by molar-refractivity contribution is 9.10. The highest BCUT2D eigenvalue weighted by Gasteiger charge is 2.12. The van der Waals surface area contributed by atoms with E-state index < -0.39 is 0 Å². The second-order valence-electron chi connectivity index (χ2n) is 3.97. The number of methoxy groups -OCH3 is 1. The quantitative estimate of drug-likeness (QED) is 0.756. The average molecular weight is 301 g/mol. The number of aldehydes is 1. The van der Waals surface area contributed by atoms with Crippen molar-refractivity contribution >= 4 is 22.2 Å². The summed E-state index contributed by atoms with van der Waals surface area (Å²) in [5.41, 5.74) is 1.52. The highest BCUT2D eigenvalue weighted by Crippen LogP contribution is 2.28. The van der Waals surface area contributed by atoms with Crippen LogP contribution in [0.2, 0.25) is 0 Å². The minimum absolute atomic E-state index is 0.0218. The Morgan fingerprint density at radius 2 is 2.18 bits per heavy atom. The Balaban J connectivity index is 2.85. The van der Waals surface area contributed by atoms with Crippen molar-refractivity contribution in [3.05, 3.63) is 27.7 Å². The fourth-order valence-corrected chi connectivity index (χ4v) is 2.14. The maximum absolute atomic E-state index is 11.0. The topological polar surface area (TPSA) is 35.5 Å². The molecule has 1 aromatic rings. The summed E-state index contributed by atoms with van der Waals surface area (Å²) in [6.07, 6.45) is 1.63. The lowest BCUT2D eigenvalue weighted by molar-refractivity contribution is 0.110. The van der Waals surface area contributed by atoms with E-state index in [0.717, 1.165) is 22.7 Å². The molecule has 0 aliphatic carbocycles. The summed E-state index contributed by atoms with van der Waals surface area (Å²) in [5.74, 6) is 0.659. The molecule has 0 spiro atoms. The van der Waals surface area contributed by atoms with Crippen LogP contribution in [0.3, 0.4) is 0 Å². The number of hydrogen-bond donors (Lipinski definition) is 0. The normalized spacial score (nSPS) is 12.2. The van der Waals surface area contributed by atoms with Gasteiger partial charge in [-0.05, 0) is 31.5 Å². The number of carbonyl (C=O) groups is 1. The van der Waals surface area contributed by atoms with E-state index in [-0.39, 0.29) is 6.10 Å². The molecule has 0 heterocycles. The molecule has 3 nitrogen and oxygen atoms in total. The van der Waals surface area contributed by atoms with E-state index in [0.29, 0.717) is 17.9 Å². The van der Waals surface area contributed by atoms with E-state index in [1.165, 1.54) is 0 Å². The molecular formula is C13H17BrO3. The van der Waals surface area contributed by atoms with E-state index in [2.05, 4.69) is 15.9 Å². The molecule has 0 amide bonds. The molecule has 1 rings (SSSR count). The summed E-state index contributed by atoms with van der Waals surface area (Å²) in [6.45, 7) is 4.54. The van der Waals surface area contributed by atoms with Crippen LogP contribution < -0.4 is 4.74 Å². The van der Waals surface area contributed by atoms with Gasteiger partial charge in [0, 0.05) is 24.6 Å². The number of rotatable bonds is 6. The predicted molar refractivity (Wildman–Crippen MR) is 70.8 cm³/mol. The second-order valence-corrected chi connectivity index (χ2v) is 4.88. The first-order valence-electron chi connectivity index (χ1n) is 5.49. The van der Waals surface area contributed by atoms with Gasteiger partial charge in [-0.3, -0.25) is 4.79 Å². The maximum Gasteiger partial charge on any atom is 0.153 e. The van der Waals surface area contributed by atoms with E-state index in [9.17, 15) is 4.79 Å². The van der Waals surface area contributed by atoms with Crippen LogP contribution in [0.1, 0.15) is 29.3 Å². The fourth-order valence-electron chi connectivity index (χ4n) is 1.55. The van der Waals surface area contributed by atoms with E-state index in [1.807, 2.05) is 19.9 Å².